The highest BCUT2D eigenvalue weighted by atomic mass is 16.3. The van der Waals surface area contributed by atoms with E-state index in [-0.39, 0.29) is 5.41 Å². The molecule has 0 amide bonds. The Kier molecular flexibility index (Phi) is 2.95. The average molecular weight is 280 g/mol. The van der Waals surface area contributed by atoms with Crippen LogP contribution in [0.15, 0.2) is 22.6 Å². The molecule has 0 radical (unpaired) electrons. The van der Waals surface area contributed by atoms with Crippen molar-refractivity contribution in [2.24, 2.45) is 0 Å². The highest BCUT2D eigenvalue weighted by Crippen LogP contribution is 2.40. The van der Waals surface area contributed by atoms with Crippen molar-refractivity contribution in [3.05, 3.63) is 46.0 Å². The molecule has 0 fully saturated rings. The van der Waals surface area contributed by atoms with Crippen molar-refractivity contribution in [1.82, 2.24) is 0 Å². The first-order valence-corrected chi connectivity index (χ1v) is 7.64. The Morgan fingerprint density at radius 2 is 1.52 bits per heavy atom. The number of rotatable bonds is 0. The molecule has 21 heavy (non-hydrogen) atoms. The van der Waals surface area contributed by atoms with Gasteiger partial charge in [-0.05, 0) is 67.5 Å². The van der Waals surface area contributed by atoms with Gasteiger partial charge in [-0.15, -0.1) is 0 Å². The van der Waals surface area contributed by atoms with Gasteiger partial charge in [0.25, 0.3) is 0 Å². The van der Waals surface area contributed by atoms with Crippen molar-refractivity contribution < 1.29 is 4.42 Å². The summed E-state index contributed by atoms with van der Waals surface area (Å²) in [4.78, 5) is 0. The predicted octanol–water partition coefficient (Wildman–Crippen LogP) is 6.12. The SMILES string of the molecule is Cc1cc(C)c2c(c1)oc1c(C(C)(C)C)c(C)c(C)cc12. The topological polar surface area (TPSA) is 13.1 Å². The summed E-state index contributed by atoms with van der Waals surface area (Å²) < 4.78 is 6.31. The normalized spacial score (nSPS) is 12.5. The lowest BCUT2D eigenvalue weighted by Crippen LogP contribution is -2.14. The van der Waals surface area contributed by atoms with E-state index < -0.39 is 0 Å². The minimum atomic E-state index is 0.0746. The monoisotopic (exact) mass is 280 g/mol. The zero-order valence-corrected chi connectivity index (χ0v) is 14.1. The molecule has 0 atom stereocenters. The Morgan fingerprint density at radius 3 is 2.14 bits per heavy atom. The van der Waals surface area contributed by atoms with E-state index in [1.165, 1.54) is 38.6 Å². The van der Waals surface area contributed by atoms with Gasteiger partial charge >= 0.3 is 0 Å². The summed E-state index contributed by atoms with van der Waals surface area (Å²) in [7, 11) is 0. The molecule has 3 aromatic rings. The van der Waals surface area contributed by atoms with Crippen LogP contribution >= 0.6 is 0 Å². The molecule has 1 heteroatoms. The lowest BCUT2D eigenvalue weighted by atomic mass is 9.81. The fourth-order valence-electron chi connectivity index (χ4n) is 3.55. The van der Waals surface area contributed by atoms with Gasteiger partial charge in [-0.3, -0.25) is 0 Å². The minimum Gasteiger partial charge on any atom is -0.456 e. The molecule has 0 aliphatic carbocycles. The number of aryl methyl sites for hydroxylation is 3. The van der Waals surface area contributed by atoms with Gasteiger partial charge in [0.2, 0.25) is 0 Å². The fraction of sp³-hybridized carbons (Fsp3) is 0.400. The van der Waals surface area contributed by atoms with Crippen LogP contribution in [0.25, 0.3) is 21.9 Å². The van der Waals surface area contributed by atoms with E-state index >= 15 is 0 Å². The van der Waals surface area contributed by atoms with E-state index in [0.717, 1.165) is 11.2 Å². The summed E-state index contributed by atoms with van der Waals surface area (Å²) in [5, 5.41) is 2.53. The molecule has 1 heterocycles. The van der Waals surface area contributed by atoms with E-state index in [1.807, 2.05) is 0 Å². The Bertz CT molecular complexity index is 857. The maximum absolute atomic E-state index is 6.31. The Labute approximate surface area is 127 Å². The first-order valence-electron chi connectivity index (χ1n) is 7.64. The molecular formula is C20H24O. The van der Waals surface area contributed by atoms with E-state index in [0.29, 0.717) is 0 Å². The van der Waals surface area contributed by atoms with Crippen molar-refractivity contribution in [3.63, 3.8) is 0 Å². The van der Waals surface area contributed by atoms with Gasteiger partial charge in [-0.1, -0.05) is 26.8 Å². The summed E-state index contributed by atoms with van der Waals surface area (Å²) in [5.74, 6) is 0. The maximum Gasteiger partial charge on any atom is 0.139 e. The molecule has 0 saturated heterocycles. The fourth-order valence-corrected chi connectivity index (χ4v) is 3.55. The van der Waals surface area contributed by atoms with E-state index in [9.17, 15) is 0 Å². The lowest BCUT2D eigenvalue weighted by Gasteiger charge is -2.23. The first-order chi connectivity index (χ1) is 9.70. The molecule has 0 unspecified atom stereocenters. The van der Waals surface area contributed by atoms with E-state index in [4.69, 9.17) is 4.42 Å². The van der Waals surface area contributed by atoms with Gasteiger partial charge in [-0.2, -0.15) is 0 Å². The van der Waals surface area contributed by atoms with Gasteiger partial charge in [-0.25, -0.2) is 0 Å². The third kappa shape index (κ3) is 2.07. The van der Waals surface area contributed by atoms with Gasteiger partial charge in [0, 0.05) is 16.3 Å². The molecule has 0 aliphatic rings. The summed E-state index contributed by atoms with van der Waals surface area (Å²) in [6, 6.07) is 6.68. The summed E-state index contributed by atoms with van der Waals surface area (Å²) in [6.45, 7) is 15.5. The zero-order chi connectivity index (χ0) is 15.5. The molecule has 3 rings (SSSR count). The third-order valence-corrected chi connectivity index (χ3v) is 4.47. The number of hydrogen-bond donors (Lipinski definition) is 0. The van der Waals surface area contributed by atoms with Crippen molar-refractivity contribution in [1.29, 1.82) is 0 Å². The Hall–Kier alpha value is -1.76. The van der Waals surface area contributed by atoms with Crippen LogP contribution in [0.3, 0.4) is 0 Å². The summed E-state index contributed by atoms with van der Waals surface area (Å²) in [6.07, 6.45) is 0. The van der Waals surface area contributed by atoms with Crippen LogP contribution < -0.4 is 0 Å². The molecule has 2 aromatic carbocycles. The second-order valence-corrected chi connectivity index (χ2v) is 7.38. The van der Waals surface area contributed by atoms with Crippen molar-refractivity contribution in [2.45, 2.75) is 53.9 Å². The van der Waals surface area contributed by atoms with Gasteiger partial charge < -0.3 is 4.42 Å². The number of fused-ring (bicyclic) bond motifs is 3. The van der Waals surface area contributed by atoms with Crippen molar-refractivity contribution in [3.8, 4) is 0 Å². The lowest BCUT2D eigenvalue weighted by molar-refractivity contribution is 0.568. The van der Waals surface area contributed by atoms with Crippen LogP contribution in [-0.2, 0) is 5.41 Å². The Balaban J connectivity index is 2.59. The second kappa shape index (κ2) is 4.37. The van der Waals surface area contributed by atoms with Crippen LogP contribution in [0.4, 0.5) is 0 Å². The molecule has 1 aromatic heterocycles. The zero-order valence-electron chi connectivity index (χ0n) is 14.1. The number of hydrogen-bond acceptors (Lipinski definition) is 1. The average Bonchev–Trinajstić information content (AvgIpc) is 2.65. The second-order valence-electron chi connectivity index (χ2n) is 7.38. The largest absolute Gasteiger partial charge is 0.456 e. The molecule has 0 spiro atoms. The van der Waals surface area contributed by atoms with E-state index in [2.05, 4.69) is 66.7 Å². The molecule has 110 valence electrons. The smallest absolute Gasteiger partial charge is 0.139 e. The first kappa shape index (κ1) is 14.2. The van der Waals surface area contributed by atoms with Crippen LogP contribution in [0.5, 0.6) is 0 Å². The van der Waals surface area contributed by atoms with Crippen LogP contribution in [0, 0.1) is 27.7 Å². The molecule has 0 N–H and O–H groups in total. The molecule has 0 saturated carbocycles. The number of furan rings is 1. The predicted molar refractivity (Wildman–Crippen MR) is 91.4 cm³/mol. The molecule has 0 bridgehead atoms. The van der Waals surface area contributed by atoms with Crippen molar-refractivity contribution in [2.75, 3.05) is 0 Å². The summed E-state index contributed by atoms with van der Waals surface area (Å²) in [5.41, 5.74) is 8.74. The highest BCUT2D eigenvalue weighted by Gasteiger charge is 2.24. The standard InChI is InChI=1S/C20H24O/c1-11-8-13(3)17-15-10-12(2)14(4)18(20(5,6)7)19(15)21-16(17)9-11/h8-10H,1-7H3. The Morgan fingerprint density at radius 1 is 0.857 bits per heavy atom. The minimum absolute atomic E-state index is 0.0746. The third-order valence-electron chi connectivity index (χ3n) is 4.47. The quantitative estimate of drug-likeness (QED) is 0.483. The molecular weight excluding hydrogens is 256 g/mol. The maximum atomic E-state index is 6.31. The number of benzene rings is 2. The van der Waals surface area contributed by atoms with Gasteiger partial charge in [0.1, 0.15) is 11.2 Å². The van der Waals surface area contributed by atoms with Crippen LogP contribution in [0.2, 0.25) is 0 Å². The molecule has 1 nitrogen and oxygen atoms in total. The van der Waals surface area contributed by atoms with Gasteiger partial charge in [0.15, 0.2) is 0 Å². The molecule has 0 aliphatic heterocycles. The van der Waals surface area contributed by atoms with Gasteiger partial charge in [0.05, 0.1) is 0 Å². The highest BCUT2D eigenvalue weighted by molar-refractivity contribution is 6.08. The van der Waals surface area contributed by atoms with E-state index in [1.54, 1.807) is 0 Å². The summed E-state index contributed by atoms with van der Waals surface area (Å²) >= 11 is 0. The van der Waals surface area contributed by atoms with Crippen LogP contribution in [-0.4, -0.2) is 0 Å². The van der Waals surface area contributed by atoms with Crippen molar-refractivity contribution >= 4 is 21.9 Å². The van der Waals surface area contributed by atoms with Crippen LogP contribution in [0.1, 0.15) is 48.6 Å².